The van der Waals surface area contributed by atoms with Crippen LogP contribution in [0.15, 0.2) is 53.2 Å². The molecule has 1 aromatic heterocycles. The molecule has 0 spiro atoms. The fourth-order valence-corrected chi connectivity index (χ4v) is 2.50. The van der Waals surface area contributed by atoms with E-state index in [1.165, 1.54) is 24.0 Å². The number of hydrogen-bond donors (Lipinski definition) is 1. The Hall–Kier alpha value is -2.82. The van der Waals surface area contributed by atoms with Crippen molar-refractivity contribution in [1.82, 2.24) is 5.32 Å². The van der Waals surface area contributed by atoms with Crippen molar-refractivity contribution in [3.8, 4) is 0 Å². The van der Waals surface area contributed by atoms with Crippen LogP contribution < -0.4 is 5.32 Å². The third kappa shape index (κ3) is 6.59. The van der Waals surface area contributed by atoms with E-state index < -0.39 is 5.97 Å². The summed E-state index contributed by atoms with van der Waals surface area (Å²) >= 11 is 0. The summed E-state index contributed by atoms with van der Waals surface area (Å²) < 4.78 is 9.99. The van der Waals surface area contributed by atoms with Crippen LogP contribution in [0.3, 0.4) is 0 Å². The van der Waals surface area contributed by atoms with Gasteiger partial charge in [-0.2, -0.15) is 0 Å². The lowest BCUT2D eigenvalue weighted by molar-refractivity contribution is -0.144. The molecule has 0 saturated carbocycles. The lowest BCUT2D eigenvalue weighted by atomic mass is 10.00. The first-order chi connectivity index (χ1) is 12.4. The van der Waals surface area contributed by atoms with Crippen molar-refractivity contribution in [2.24, 2.45) is 5.92 Å². The molecule has 0 saturated heterocycles. The first kappa shape index (κ1) is 19.5. The van der Waals surface area contributed by atoms with Gasteiger partial charge in [0.25, 0.3) is 5.91 Å². The van der Waals surface area contributed by atoms with Crippen LogP contribution in [-0.4, -0.2) is 18.5 Å². The van der Waals surface area contributed by atoms with Crippen molar-refractivity contribution in [3.05, 3.63) is 65.6 Å². The van der Waals surface area contributed by atoms with Gasteiger partial charge in [0.1, 0.15) is 5.76 Å². The van der Waals surface area contributed by atoms with Gasteiger partial charge in [0.15, 0.2) is 6.61 Å². The van der Waals surface area contributed by atoms with Crippen molar-refractivity contribution in [2.75, 3.05) is 6.61 Å². The van der Waals surface area contributed by atoms with Gasteiger partial charge in [-0.05, 0) is 48.6 Å². The van der Waals surface area contributed by atoms with Gasteiger partial charge in [0.2, 0.25) is 0 Å². The molecule has 1 heterocycles. The second-order valence-electron chi connectivity index (χ2n) is 6.59. The molecule has 2 aromatic rings. The molecule has 2 rings (SSSR count). The molecule has 0 unspecified atom stereocenters. The quantitative estimate of drug-likeness (QED) is 0.576. The molecular formula is C21H25NO4. The highest BCUT2D eigenvalue weighted by atomic mass is 16.5. The van der Waals surface area contributed by atoms with E-state index in [9.17, 15) is 9.59 Å². The number of nitrogens with one attached hydrogen (secondary N) is 1. The number of amides is 1. The van der Waals surface area contributed by atoms with Crippen LogP contribution in [0.5, 0.6) is 0 Å². The normalized spacial score (nSPS) is 12.3. The van der Waals surface area contributed by atoms with Gasteiger partial charge in [0, 0.05) is 6.08 Å². The number of esters is 1. The summed E-state index contributed by atoms with van der Waals surface area (Å²) in [7, 11) is 0. The van der Waals surface area contributed by atoms with Crippen molar-refractivity contribution >= 4 is 18.0 Å². The number of furan rings is 1. The molecule has 0 aliphatic rings. The Morgan fingerprint density at radius 2 is 1.88 bits per heavy atom. The van der Waals surface area contributed by atoms with Crippen LogP contribution in [-0.2, 0) is 20.7 Å². The van der Waals surface area contributed by atoms with Gasteiger partial charge in [-0.1, -0.05) is 38.1 Å². The number of hydrogen-bond acceptors (Lipinski definition) is 4. The maximum atomic E-state index is 11.9. The smallest absolute Gasteiger partial charge is 0.331 e. The average molecular weight is 355 g/mol. The van der Waals surface area contributed by atoms with Crippen LogP contribution in [0, 0.1) is 5.92 Å². The second-order valence-corrected chi connectivity index (χ2v) is 6.59. The van der Waals surface area contributed by atoms with E-state index >= 15 is 0 Å². The van der Waals surface area contributed by atoms with Gasteiger partial charge < -0.3 is 14.5 Å². The minimum Gasteiger partial charge on any atom is -0.465 e. The van der Waals surface area contributed by atoms with Crippen LogP contribution in [0.25, 0.3) is 6.08 Å². The minimum absolute atomic E-state index is 0.159. The van der Waals surface area contributed by atoms with Crippen LogP contribution in [0.4, 0.5) is 0 Å². The highest BCUT2D eigenvalue weighted by Crippen LogP contribution is 2.15. The topological polar surface area (TPSA) is 68.5 Å². The Kier molecular flexibility index (Phi) is 7.21. The summed E-state index contributed by atoms with van der Waals surface area (Å²) in [5.41, 5.74) is 2.29. The fourth-order valence-electron chi connectivity index (χ4n) is 2.50. The van der Waals surface area contributed by atoms with E-state index in [4.69, 9.17) is 9.15 Å². The summed E-state index contributed by atoms with van der Waals surface area (Å²) in [6.07, 6.45) is 5.25. The highest BCUT2D eigenvalue weighted by Gasteiger charge is 2.11. The lowest BCUT2D eigenvalue weighted by Crippen LogP contribution is -2.30. The third-order valence-corrected chi connectivity index (χ3v) is 3.77. The van der Waals surface area contributed by atoms with E-state index in [2.05, 4.69) is 31.3 Å². The molecule has 0 aliphatic heterocycles. The van der Waals surface area contributed by atoms with Crippen LogP contribution in [0.1, 0.15) is 43.7 Å². The zero-order valence-corrected chi connectivity index (χ0v) is 15.4. The number of benzene rings is 1. The van der Waals surface area contributed by atoms with E-state index in [1.807, 2.05) is 19.1 Å². The average Bonchev–Trinajstić information content (AvgIpc) is 3.11. The fraction of sp³-hybridized carbons (Fsp3) is 0.333. The predicted octanol–water partition coefficient (Wildman–Crippen LogP) is 3.91. The lowest BCUT2D eigenvalue weighted by Gasteiger charge is -2.15. The Morgan fingerprint density at radius 1 is 1.15 bits per heavy atom. The summed E-state index contributed by atoms with van der Waals surface area (Å²) in [4.78, 5) is 23.5. The summed E-state index contributed by atoms with van der Waals surface area (Å²) in [6, 6.07) is 11.5. The molecule has 0 radical (unpaired) electrons. The molecule has 1 amide bonds. The molecule has 0 bridgehead atoms. The largest absolute Gasteiger partial charge is 0.465 e. The first-order valence-electron chi connectivity index (χ1n) is 8.70. The van der Waals surface area contributed by atoms with Gasteiger partial charge in [0.05, 0.1) is 12.3 Å². The molecule has 5 heteroatoms. The molecule has 0 fully saturated rings. The first-order valence-corrected chi connectivity index (χ1v) is 8.70. The second kappa shape index (κ2) is 9.61. The van der Waals surface area contributed by atoms with Crippen molar-refractivity contribution < 1.29 is 18.7 Å². The number of carbonyl (C=O) groups is 2. The van der Waals surface area contributed by atoms with Crippen molar-refractivity contribution in [2.45, 2.75) is 33.2 Å². The Morgan fingerprint density at radius 3 is 2.50 bits per heavy atom. The standard InChI is InChI=1S/C21H25NO4/c1-15(2)13-17-6-8-18(9-7-17)16(3)22-20(23)14-26-21(24)11-10-19-5-4-12-25-19/h4-12,15-16H,13-14H2,1-3H3,(H,22,23)/b11-10+/t16-/m1/s1. The molecular weight excluding hydrogens is 330 g/mol. The summed E-state index contributed by atoms with van der Waals surface area (Å²) in [5.74, 6) is 0.209. The van der Waals surface area contributed by atoms with E-state index in [1.54, 1.807) is 12.1 Å². The van der Waals surface area contributed by atoms with Crippen LogP contribution >= 0.6 is 0 Å². The van der Waals surface area contributed by atoms with Gasteiger partial charge in [-0.3, -0.25) is 4.79 Å². The summed E-state index contributed by atoms with van der Waals surface area (Å²) in [6.45, 7) is 5.94. The Balaban J connectivity index is 1.76. The maximum Gasteiger partial charge on any atom is 0.331 e. The number of rotatable bonds is 8. The zero-order chi connectivity index (χ0) is 18.9. The molecule has 1 atom stereocenters. The summed E-state index contributed by atoms with van der Waals surface area (Å²) in [5, 5.41) is 2.82. The van der Waals surface area contributed by atoms with Crippen molar-refractivity contribution in [1.29, 1.82) is 0 Å². The number of ether oxygens (including phenoxy) is 1. The van der Waals surface area contributed by atoms with Gasteiger partial charge in [-0.15, -0.1) is 0 Å². The zero-order valence-electron chi connectivity index (χ0n) is 15.4. The molecule has 1 aromatic carbocycles. The predicted molar refractivity (Wildman–Crippen MR) is 100 cm³/mol. The Labute approximate surface area is 154 Å². The Bertz CT molecular complexity index is 730. The van der Waals surface area contributed by atoms with E-state index in [0.29, 0.717) is 11.7 Å². The van der Waals surface area contributed by atoms with Gasteiger partial charge >= 0.3 is 5.97 Å². The van der Waals surface area contributed by atoms with Gasteiger partial charge in [-0.25, -0.2) is 4.79 Å². The minimum atomic E-state index is -0.595. The van der Waals surface area contributed by atoms with E-state index in [-0.39, 0.29) is 18.6 Å². The van der Waals surface area contributed by atoms with Crippen LogP contribution in [0.2, 0.25) is 0 Å². The molecule has 1 N–H and O–H groups in total. The SMILES string of the molecule is CC(C)Cc1ccc([C@@H](C)NC(=O)COC(=O)/C=C/c2ccco2)cc1. The molecule has 26 heavy (non-hydrogen) atoms. The molecule has 0 aliphatic carbocycles. The monoisotopic (exact) mass is 355 g/mol. The third-order valence-electron chi connectivity index (χ3n) is 3.77. The molecule has 5 nitrogen and oxygen atoms in total. The van der Waals surface area contributed by atoms with Crippen molar-refractivity contribution in [3.63, 3.8) is 0 Å². The highest BCUT2D eigenvalue weighted by molar-refractivity contribution is 5.89. The maximum absolute atomic E-state index is 11.9. The number of carbonyl (C=O) groups excluding carboxylic acids is 2. The molecule has 138 valence electrons. The van der Waals surface area contributed by atoms with E-state index in [0.717, 1.165) is 12.0 Å².